The second-order valence-corrected chi connectivity index (χ2v) is 8.29. The molecular weight excluding hydrogens is 368 g/mol. The summed E-state index contributed by atoms with van der Waals surface area (Å²) in [6, 6.07) is 2.11. The van der Waals surface area contributed by atoms with Gasteiger partial charge in [0.2, 0.25) is 0 Å². The highest BCUT2D eigenvalue weighted by atomic mass is 16.3. The average molecular weight is 394 g/mol. The van der Waals surface area contributed by atoms with E-state index in [1.54, 1.807) is 22.5 Å². The van der Waals surface area contributed by atoms with Crippen molar-refractivity contribution in [3.63, 3.8) is 0 Å². The smallest absolute Gasteiger partial charge is 0.331 e. The van der Waals surface area contributed by atoms with Crippen molar-refractivity contribution in [2.45, 2.75) is 58.0 Å². The van der Waals surface area contributed by atoms with Crippen LogP contribution < -0.4 is 11.2 Å². The van der Waals surface area contributed by atoms with E-state index in [0.29, 0.717) is 23.5 Å². The molecule has 0 N–H and O–H groups in total. The van der Waals surface area contributed by atoms with Crippen LogP contribution in [0.15, 0.2) is 32.3 Å². The monoisotopic (exact) mass is 394 g/mol. The predicted molar refractivity (Wildman–Crippen MR) is 111 cm³/mol. The zero-order valence-corrected chi connectivity index (χ0v) is 16.8. The minimum atomic E-state index is -0.271. The van der Waals surface area contributed by atoms with Gasteiger partial charge in [0.05, 0.1) is 11.7 Å². The number of fused-ring (bicyclic) bond motifs is 2. The molecule has 0 unspecified atom stereocenters. The first-order chi connectivity index (χ1) is 14.1. The van der Waals surface area contributed by atoms with Crippen molar-refractivity contribution in [2.24, 2.45) is 13.0 Å². The molecule has 0 aliphatic heterocycles. The van der Waals surface area contributed by atoms with E-state index in [9.17, 15) is 9.59 Å². The zero-order chi connectivity index (χ0) is 20.0. The fourth-order valence-corrected chi connectivity index (χ4v) is 4.17. The van der Waals surface area contributed by atoms with Gasteiger partial charge in [-0.15, -0.1) is 0 Å². The summed E-state index contributed by atoms with van der Waals surface area (Å²) in [5.74, 6) is 2.67. The van der Waals surface area contributed by atoms with Crippen LogP contribution in [-0.2, 0) is 33.0 Å². The van der Waals surface area contributed by atoms with Gasteiger partial charge < -0.3 is 4.42 Å². The molecule has 1 fully saturated rings. The lowest BCUT2D eigenvalue weighted by molar-refractivity contribution is 0.449. The third kappa shape index (κ3) is 3.39. The molecule has 5 rings (SSSR count). The summed E-state index contributed by atoms with van der Waals surface area (Å²) in [7, 11) is 1.71. The van der Waals surface area contributed by atoms with E-state index in [2.05, 4.69) is 23.3 Å². The van der Waals surface area contributed by atoms with Crippen molar-refractivity contribution in [2.75, 3.05) is 0 Å². The van der Waals surface area contributed by atoms with Gasteiger partial charge in [-0.1, -0.05) is 12.2 Å². The lowest BCUT2D eigenvalue weighted by Gasteiger charge is -2.09. The predicted octanol–water partition coefficient (Wildman–Crippen LogP) is 2.88. The van der Waals surface area contributed by atoms with Crippen LogP contribution in [0.3, 0.4) is 0 Å². The Hall–Kier alpha value is -2.83. The highest BCUT2D eigenvalue weighted by molar-refractivity contribution is 5.73. The van der Waals surface area contributed by atoms with E-state index < -0.39 is 0 Å². The van der Waals surface area contributed by atoms with Gasteiger partial charge in [-0.3, -0.25) is 18.6 Å². The molecular formula is C22H26N4O3. The highest BCUT2D eigenvalue weighted by Gasteiger charge is 2.24. The lowest BCUT2D eigenvalue weighted by atomic mass is 10.1. The minimum absolute atomic E-state index is 0.222. The maximum absolute atomic E-state index is 13.0. The van der Waals surface area contributed by atoms with Crippen LogP contribution in [0, 0.1) is 5.92 Å². The zero-order valence-electron chi connectivity index (χ0n) is 16.8. The summed E-state index contributed by atoms with van der Waals surface area (Å²) in [6.07, 6.45) is 12.7. The Labute approximate surface area is 168 Å². The van der Waals surface area contributed by atoms with Gasteiger partial charge in [0, 0.05) is 38.5 Å². The van der Waals surface area contributed by atoms with Crippen LogP contribution in [-0.4, -0.2) is 18.9 Å². The quantitative estimate of drug-likeness (QED) is 0.578. The molecule has 3 heterocycles. The molecule has 0 radical (unpaired) electrons. The van der Waals surface area contributed by atoms with Gasteiger partial charge in [-0.05, 0) is 44.1 Å². The lowest BCUT2D eigenvalue weighted by Crippen LogP contribution is -2.39. The topological polar surface area (TPSA) is 75.0 Å². The molecule has 152 valence electrons. The molecule has 7 nitrogen and oxygen atoms in total. The summed E-state index contributed by atoms with van der Waals surface area (Å²) in [4.78, 5) is 25.8. The fraction of sp³-hybridized carbons (Fsp3) is 0.500. The van der Waals surface area contributed by atoms with Crippen LogP contribution in [0.4, 0.5) is 0 Å². The van der Waals surface area contributed by atoms with Crippen molar-refractivity contribution in [1.82, 2.24) is 18.9 Å². The molecule has 7 heteroatoms. The van der Waals surface area contributed by atoms with Crippen molar-refractivity contribution in [3.8, 4) is 0 Å². The summed E-state index contributed by atoms with van der Waals surface area (Å²) in [5, 5.41) is 4.37. The fourth-order valence-electron chi connectivity index (χ4n) is 4.17. The molecule has 0 aromatic carbocycles. The number of aryl methyl sites for hydroxylation is 3. The van der Waals surface area contributed by atoms with Crippen molar-refractivity contribution in [3.05, 3.63) is 56.3 Å². The highest BCUT2D eigenvalue weighted by Crippen LogP contribution is 2.31. The summed E-state index contributed by atoms with van der Waals surface area (Å²) in [5.41, 5.74) is 1.85. The molecule has 3 aromatic heterocycles. The number of allylic oxidation sites excluding steroid dienone is 1. The van der Waals surface area contributed by atoms with Crippen LogP contribution in [0.5, 0.6) is 0 Å². The average Bonchev–Trinajstić information content (AvgIpc) is 3.28. The molecule has 2 aliphatic carbocycles. The van der Waals surface area contributed by atoms with Crippen molar-refractivity contribution in [1.29, 1.82) is 0 Å². The molecule has 2 aliphatic rings. The molecule has 1 saturated carbocycles. The van der Waals surface area contributed by atoms with Gasteiger partial charge in [0.15, 0.2) is 5.52 Å². The normalized spacial score (nSPS) is 15.9. The van der Waals surface area contributed by atoms with E-state index in [1.165, 1.54) is 23.0 Å². The third-order valence-electron chi connectivity index (χ3n) is 6.06. The van der Waals surface area contributed by atoms with Gasteiger partial charge in [-0.2, -0.15) is 5.10 Å². The molecule has 0 saturated heterocycles. The Kier molecular flexibility index (Phi) is 4.53. The summed E-state index contributed by atoms with van der Waals surface area (Å²) < 4.78 is 10.6. The molecule has 0 atom stereocenters. The van der Waals surface area contributed by atoms with Gasteiger partial charge in [0.1, 0.15) is 11.5 Å². The molecule has 29 heavy (non-hydrogen) atoms. The van der Waals surface area contributed by atoms with Gasteiger partial charge in [-0.25, -0.2) is 4.79 Å². The molecule has 0 amide bonds. The first-order valence-electron chi connectivity index (χ1n) is 10.6. The van der Waals surface area contributed by atoms with E-state index in [-0.39, 0.29) is 11.2 Å². The Balaban J connectivity index is 1.32. The van der Waals surface area contributed by atoms with Crippen molar-refractivity contribution >= 4 is 17.1 Å². The van der Waals surface area contributed by atoms with E-state index >= 15 is 0 Å². The number of unbranched alkanes of at least 4 members (excludes halogenated alkanes) is 1. The van der Waals surface area contributed by atoms with E-state index in [1.807, 2.05) is 0 Å². The largest absolute Gasteiger partial charge is 0.465 e. The van der Waals surface area contributed by atoms with Crippen LogP contribution in [0.2, 0.25) is 0 Å². The van der Waals surface area contributed by atoms with E-state index in [0.717, 1.165) is 50.2 Å². The van der Waals surface area contributed by atoms with Crippen molar-refractivity contribution < 1.29 is 4.42 Å². The molecule has 3 aromatic rings. The van der Waals surface area contributed by atoms with Gasteiger partial charge in [0.25, 0.3) is 5.56 Å². The summed E-state index contributed by atoms with van der Waals surface area (Å²) in [6.45, 7) is 1.17. The first kappa shape index (κ1) is 18.2. The number of hydrogen-bond donors (Lipinski definition) is 0. The van der Waals surface area contributed by atoms with Crippen LogP contribution >= 0.6 is 0 Å². The molecule has 0 bridgehead atoms. The number of hydrogen-bond acceptors (Lipinski definition) is 4. The third-order valence-corrected chi connectivity index (χ3v) is 6.06. The van der Waals surface area contributed by atoms with Crippen LogP contribution in [0.25, 0.3) is 17.1 Å². The second-order valence-electron chi connectivity index (χ2n) is 8.29. The number of aromatic nitrogens is 4. The summed E-state index contributed by atoms with van der Waals surface area (Å²) >= 11 is 0. The Morgan fingerprint density at radius 1 is 1.24 bits per heavy atom. The Morgan fingerprint density at radius 3 is 2.90 bits per heavy atom. The number of rotatable bonds is 7. The Morgan fingerprint density at radius 2 is 2.10 bits per heavy atom. The first-order valence-corrected chi connectivity index (χ1v) is 10.6. The van der Waals surface area contributed by atoms with E-state index in [4.69, 9.17) is 4.42 Å². The number of furan rings is 1. The minimum Gasteiger partial charge on any atom is -0.465 e. The molecule has 0 spiro atoms. The second kappa shape index (κ2) is 7.21. The standard InChI is InChI=1S/C22H26N4O3/c1-24-18-13-23-26(14-15-9-10-15)20(18)21(27)25(22(24)28)11-5-4-7-17-12-16-6-2-3-8-19(16)29-17/h2,6,12-13,15H,3-5,7-11,14H2,1H3. The van der Waals surface area contributed by atoms with Crippen LogP contribution in [0.1, 0.15) is 49.2 Å². The van der Waals surface area contributed by atoms with Gasteiger partial charge >= 0.3 is 5.69 Å². The maximum Gasteiger partial charge on any atom is 0.331 e. The Bertz CT molecular complexity index is 1200. The number of nitrogens with zero attached hydrogens (tertiary/aromatic N) is 4. The maximum atomic E-state index is 13.0. The SMILES string of the molecule is Cn1c(=O)n(CCCCc2cc3c(o2)CCC=C3)c(=O)c2c1cnn2CC1CC1.